The summed E-state index contributed by atoms with van der Waals surface area (Å²) in [6, 6.07) is 3.73. The van der Waals surface area contributed by atoms with Crippen LogP contribution < -0.4 is 10.9 Å². The highest BCUT2D eigenvalue weighted by molar-refractivity contribution is 7.15. The zero-order chi connectivity index (χ0) is 13.0. The molecule has 0 aliphatic rings. The van der Waals surface area contributed by atoms with E-state index in [9.17, 15) is 4.79 Å². The largest absolute Gasteiger partial charge is 0.362 e. The van der Waals surface area contributed by atoms with E-state index in [1.54, 1.807) is 15.9 Å². The van der Waals surface area contributed by atoms with Gasteiger partial charge in [0.2, 0.25) is 0 Å². The van der Waals surface area contributed by atoms with Crippen LogP contribution in [0.2, 0.25) is 0 Å². The van der Waals surface area contributed by atoms with Crippen molar-refractivity contribution in [1.29, 1.82) is 0 Å². The zero-order valence-electron chi connectivity index (χ0n) is 10.6. The highest BCUT2D eigenvalue weighted by Crippen LogP contribution is 2.18. The fourth-order valence-corrected chi connectivity index (χ4v) is 2.48. The second kappa shape index (κ2) is 5.82. The van der Waals surface area contributed by atoms with Crippen molar-refractivity contribution in [2.75, 3.05) is 11.9 Å². The Balaban J connectivity index is 2.11. The van der Waals surface area contributed by atoms with Gasteiger partial charge in [0.15, 0.2) is 5.13 Å². The van der Waals surface area contributed by atoms with Gasteiger partial charge in [-0.2, -0.15) is 0 Å². The highest BCUT2D eigenvalue weighted by Gasteiger charge is 2.04. The maximum absolute atomic E-state index is 11.9. The van der Waals surface area contributed by atoms with Crippen LogP contribution in [-0.4, -0.2) is 16.1 Å². The van der Waals surface area contributed by atoms with E-state index >= 15 is 0 Å². The second-order valence-corrected chi connectivity index (χ2v) is 5.30. The first-order valence-corrected chi connectivity index (χ1v) is 6.87. The van der Waals surface area contributed by atoms with Gasteiger partial charge in [0.1, 0.15) is 0 Å². The van der Waals surface area contributed by atoms with Crippen molar-refractivity contribution < 1.29 is 0 Å². The van der Waals surface area contributed by atoms with E-state index in [2.05, 4.69) is 17.2 Å². The third kappa shape index (κ3) is 2.98. The van der Waals surface area contributed by atoms with E-state index in [4.69, 9.17) is 0 Å². The van der Waals surface area contributed by atoms with Gasteiger partial charge in [-0.3, -0.25) is 4.79 Å². The second-order valence-electron chi connectivity index (χ2n) is 4.18. The fraction of sp³-hybridized carbons (Fsp3) is 0.385. The molecule has 5 heteroatoms. The monoisotopic (exact) mass is 263 g/mol. The smallest absolute Gasteiger partial charge is 0.253 e. The number of rotatable bonds is 5. The molecule has 0 aromatic carbocycles. The number of pyridine rings is 1. The molecule has 0 amide bonds. The third-order valence-electron chi connectivity index (χ3n) is 2.62. The van der Waals surface area contributed by atoms with Gasteiger partial charge in [-0.05, 0) is 19.4 Å². The number of nitrogens with one attached hydrogen (secondary N) is 1. The predicted molar refractivity (Wildman–Crippen MR) is 75.4 cm³/mol. The standard InChI is InChI=1S/C13H17N3OS/c1-3-6-14-13-15-8-11(18-13)9-16-7-4-5-10(2)12(16)17/h4-5,7-8H,3,6,9H2,1-2H3,(H,14,15). The Morgan fingerprint density at radius 3 is 3.11 bits per heavy atom. The van der Waals surface area contributed by atoms with Crippen LogP contribution in [0, 0.1) is 6.92 Å². The molecule has 2 rings (SSSR count). The van der Waals surface area contributed by atoms with E-state index in [1.165, 1.54) is 0 Å². The van der Waals surface area contributed by atoms with Gasteiger partial charge in [0.05, 0.1) is 6.54 Å². The van der Waals surface area contributed by atoms with E-state index in [0.717, 1.165) is 28.5 Å². The fourth-order valence-electron chi connectivity index (χ4n) is 1.64. The average Bonchev–Trinajstić information content (AvgIpc) is 2.80. The van der Waals surface area contributed by atoms with Crippen molar-refractivity contribution >= 4 is 16.5 Å². The minimum Gasteiger partial charge on any atom is -0.362 e. The van der Waals surface area contributed by atoms with E-state index in [1.807, 2.05) is 31.5 Å². The van der Waals surface area contributed by atoms with Crippen molar-refractivity contribution in [1.82, 2.24) is 9.55 Å². The molecule has 0 aliphatic heterocycles. The first kappa shape index (κ1) is 12.8. The number of thiazole rings is 1. The molecule has 0 saturated carbocycles. The van der Waals surface area contributed by atoms with Crippen molar-refractivity contribution in [3.8, 4) is 0 Å². The van der Waals surface area contributed by atoms with E-state index in [0.29, 0.717) is 6.54 Å². The molecule has 0 fully saturated rings. The minimum atomic E-state index is 0.0639. The Hall–Kier alpha value is -1.62. The van der Waals surface area contributed by atoms with Gasteiger partial charge in [0, 0.05) is 29.4 Å². The quantitative estimate of drug-likeness (QED) is 0.901. The minimum absolute atomic E-state index is 0.0639. The SMILES string of the molecule is CCCNc1ncc(Cn2cccc(C)c2=O)s1. The van der Waals surface area contributed by atoms with Gasteiger partial charge in [-0.1, -0.05) is 13.0 Å². The molecular weight excluding hydrogens is 246 g/mol. The summed E-state index contributed by atoms with van der Waals surface area (Å²) in [6.45, 7) is 5.47. The molecule has 0 saturated heterocycles. The molecule has 1 N–H and O–H groups in total. The van der Waals surface area contributed by atoms with Gasteiger partial charge >= 0.3 is 0 Å². The lowest BCUT2D eigenvalue weighted by molar-refractivity contribution is 0.761. The van der Waals surface area contributed by atoms with Crippen LogP contribution in [-0.2, 0) is 6.54 Å². The molecular formula is C13H17N3OS. The van der Waals surface area contributed by atoms with E-state index in [-0.39, 0.29) is 5.56 Å². The summed E-state index contributed by atoms with van der Waals surface area (Å²) in [6.07, 6.45) is 4.72. The molecule has 0 unspecified atom stereocenters. The molecule has 4 nitrogen and oxygen atoms in total. The van der Waals surface area contributed by atoms with Gasteiger partial charge in [-0.25, -0.2) is 4.98 Å². The summed E-state index contributed by atoms with van der Waals surface area (Å²) >= 11 is 1.60. The van der Waals surface area contributed by atoms with Gasteiger partial charge in [0.25, 0.3) is 5.56 Å². The number of aryl methyl sites for hydroxylation is 1. The highest BCUT2D eigenvalue weighted by atomic mass is 32.1. The zero-order valence-corrected chi connectivity index (χ0v) is 11.5. The Kier molecular flexibility index (Phi) is 4.15. The number of hydrogen-bond donors (Lipinski definition) is 1. The normalized spacial score (nSPS) is 10.6. The molecule has 0 spiro atoms. The number of aromatic nitrogens is 2. The summed E-state index contributed by atoms with van der Waals surface area (Å²) in [4.78, 5) is 17.3. The average molecular weight is 263 g/mol. The maximum Gasteiger partial charge on any atom is 0.253 e. The summed E-state index contributed by atoms with van der Waals surface area (Å²) in [5, 5.41) is 4.17. The van der Waals surface area contributed by atoms with Crippen molar-refractivity contribution in [2.45, 2.75) is 26.8 Å². The van der Waals surface area contributed by atoms with Crippen molar-refractivity contribution in [2.24, 2.45) is 0 Å². The molecule has 0 atom stereocenters. The molecule has 0 bridgehead atoms. The summed E-state index contributed by atoms with van der Waals surface area (Å²) in [5.74, 6) is 0. The number of nitrogens with zero attached hydrogens (tertiary/aromatic N) is 2. The topological polar surface area (TPSA) is 46.9 Å². The van der Waals surface area contributed by atoms with Crippen molar-refractivity contribution in [3.05, 3.63) is 45.3 Å². The molecule has 96 valence electrons. The van der Waals surface area contributed by atoms with Crippen LogP contribution in [0.4, 0.5) is 5.13 Å². The van der Waals surface area contributed by atoms with Crippen LogP contribution >= 0.6 is 11.3 Å². The predicted octanol–water partition coefficient (Wildman–Crippen LogP) is 2.48. The Morgan fingerprint density at radius 1 is 1.50 bits per heavy atom. The molecule has 2 aromatic rings. The van der Waals surface area contributed by atoms with Crippen molar-refractivity contribution in [3.63, 3.8) is 0 Å². The lowest BCUT2D eigenvalue weighted by Crippen LogP contribution is -2.21. The molecule has 2 heterocycles. The summed E-state index contributed by atoms with van der Waals surface area (Å²) < 4.78 is 1.71. The van der Waals surface area contributed by atoms with Crippen LogP contribution in [0.25, 0.3) is 0 Å². The van der Waals surface area contributed by atoms with Crippen LogP contribution in [0.15, 0.2) is 29.3 Å². The molecule has 18 heavy (non-hydrogen) atoms. The van der Waals surface area contributed by atoms with Crippen LogP contribution in [0.5, 0.6) is 0 Å². The van der Waals surface area contributed by atoms with Gasteiger partial charge in [-0.15, -0.1) is 11.3 Å². The first-order valence-electron chi connectivity index (χ1n) is 6.05. The number of hydrogen-bond acceptors (Lipinski definition) is 4. The first-order chi connectivity index (χ1) is 8.70. The lowest BCUT2D eigenvalue weighted by atomic mass is 10.3. The molecule has 0 aliphatic carbocycles. The maximum atomic E-state index is 11.9. The van der Waals surface area contributed by atoms with E-state index < -0.39 is 0 Å². The Morgan fingerprint density at radius 2 is 2.33 bits per heavy atom. The lowest BCUT2D eigenvalue weighted by Gasteiger charge is -2.03. The summed E-state index contributed by atoms with van der Waals surface area (Å²) in [7, 11) is 0. The molecule has 0 radical (unpaired) electrons. The Labute approximate surface area is 110 Å². The Bertz CT molecular complexity index is 574. The molecule has 2 aromatic heterocycles. The van der Waals surface area contributed by atoms with Crippen LogP contribution in [0.3, 0.4) is 0 Å². The number of anilines is 1. The summed E-state index contributed by atoms with van der Waals surface area (Å²) in [5.41, 5.74) is 0.834. The third-order valence-corrected chi connectivity index (χ3v) is 3.56. The van der Waals surface area contributed by atoms with Gasteiger partial charge < -0.3 is 9.88 Å². The van der Waals surface area contributed by atoms with Crippen LogP contribution in [0.1, 0.15) is 23.8 Å².